The van der Waals surface area contributed by atoms with Crippen molar-refractivity contribution in [1.82, 2.24) is 19.9 Å². The Kier molecular flexibility index (Phi) is 5.86. The Morgan fingerprint density at radius 2 is 1.84 bits per heavy atom. The Morgan fingerprint density at radius 3 is 2.58 bits per heavy atom. The van der Waals surface area contributed by atoms with Gasteiger partial charge in [0, 0.05) is 5.56 Å². The predicted molar refractivity (Wildman–Crippen MR) is 116 cm³/mol. The number of ether oxygens (including phenoxy) is 1. The van der Waals surface area contributed by atoms with E-state index in [1.807, 2.05) is 62.4 Å². The summed E-state index contributed by atoms with van der Waals surface area (Å²) < 4.78 is 12.2. The summed E-state index contributed by atoms with van der Waals surface area (Å²) in [5.41, 5.74) is 4.81. The minimum absolute atomic E-state index is 0.156. The lowest BCUT2D eigenvalue weighted by atomic mass is 10.1. The lowest BCUT2D eigenvalue weighted by Gasteiger charge is -2.05. The van der Waals surface area contributed by atoms with Gasteiger partial charge in [0.1, 0.15) is 10.7 Å². The van der Waals surface area contributed by atoms with E-state index in [0.29, 0.717) is 18.1 Å². The van der Waals surface area contributed by atoms with Crippen LogP contribution in [0.4, 0.5) is 0 Å². The van der Waals surface area contributed by atoms with Gasteiger partial charge in [0.25, 0.3) is 5.89 Å². The lowest BCUT2D eigenvalue weighted by Crippen LogP contribution is -2.07. The molecule has 31 heavy (non-hydrogen) atoms. The topological polar surface area (TPSA) is 83.0 Å². The molecule has 0 amide bonds. The SMILES string of the molecule is Cc1ccc(Cn2nc(C)c(C(=O)OCc3nc(-c4ccccc4C)no3)c2Cl)cc1. The number of aromatic nitrogens is 4. The van der Waals surface area contributed by atoms with E-state index in [1.54, 1.807) is 11.6 Å². The molecular weight excluding hydrogens is 416 g/mol. The molecule has 2 aromatic carbocycles. The first-order valence-corrected chi connectivity index (χ1v) is 10.1. The average molecular weight is 437 g/mol. The van der Waals surface area contributed by atoms with E-state index in [4.69, 9.17) is 20.9 Å². The predicted octanol–water partition coefficient (Wildman–Crippen LogP) is 4.92. The molecule has 0 saturated carbocycles. The van der Waals surface area contributed by atoms with E-state index in [0.717, 1.165) is 16.7 Å². The maximum Gasteiger partial charge on any atom is 0.343 e. The number of halogens is 1. The van der Waals surface area contributed by atoms with Gasteiger partial charge < -0.3 is 9.26 Å². The molecule has 0 aliphatic heterocycles. The van der Waals surface area contributed by atoms with Crippen molar-refractivity contribution in [2.24, 2.45) is 0 Å². The Labute approximate surface area is 184 Å². The van der Waals surface area contributed by atoms with Gasteiger partial charge >= 0.3 is 5.97 Å². The second kappa shape index (κ2) is 8.73. The van der Waals surface area contributed by atoms with Gasteiger partial charge in [-0.05, 0) is 31.9 Å². The highest BCUT2D eigenvalue weighted by atomic mass is 35.5. The molecule has 8 heteroatoms. The van der Waals surface area contributed by atoms with Gasteiger partial charge in [-0.1, -0.05) is 70.9 Å². The van der Waals surface area contributed by atoms with Crippen LogP contribution in [0.3, 0.4) is 0 Å². The van der Waals surface area contributed by atoms with E-state index in [1.165, 1.54) is 5.56 Å². The molecule has 0 aliphatic carbocycles. The second-order valence-electron chi connectivity index (χ2n) is 7.30. The molecule has 158 valence electrons. The first kappa shape index (κ1) is 20.8. The van der Waals surface area contributed by atoms with Crippen molar-refractivity contribution in [2.75, 3.05) is 0 Å². The first-order valence-electron chi connectivity index (χ1n) is 9.76. The van der Waals surface area contributed by atoms with Crippen LogP contribution < -0.4 is 0 Å². The van der Waals surface area contributed by atoms with Crippen molar-refractivity contribution in [3.05, 3.63) is 87.5 Å². The molecule has 0 radical (unpaired) electrons. The van der Waals surface area contributed by atoms with Gasteiger partial charge in [0.2, 0.25) is 5.82 Å². The Hall–Kier alpha value is -3.45. The number of rotatable bonds is 6. The number of hydrogen-bond acceptors (Lipinski definition) is 6. The maximum absolute atomic E-state index is 12.7. The summed E-state index contributed by atoms with van der Waals surface area (Å²) >= 11 is 6.44. The van der Waals surface area contributed by atoms with Crippen molar-refractivity contribution in [1.29, 1.82) is 0 Å². The lowest BCUT2D eigenvalue weighted by molar-refractivity contribution is 0.0429. The molecule has 7 nitrogen and oxygen atoms in total. The average Bonchev–Trinajstić information content (AvgIpc) is 3.33. The van der Waals surface area contributed by atoms with E-state index < -0.39 is 5.97 Å². The van der Waals surface area contributed by atoms with Gasteiger partial charge in [-0.25, -0.2) is 9.48 Å². The van der Waals surface area contributed by atoms with Crippen molar-refractivity contribution < 1.29 is 14.1 Å². The standard InChI is InChI=1S/C23H21ClN4O3/c1-14-8-10-17(11-9-14)12-28-21(24)20(16(3)26-28)23(29)30-13-19-25-22(27-31-19)18-7-5-4-6-15(18)2/h4-11H,12-13H2,1-3H3. The third-order valence-electron chi connectivity index (χ3n) is 4.90. The molecule has 4 aromatic rings. The van der Waals surface area contributed by atoms with E-state index >= 15 is 0 Å². The molecule has 0 unspecified atom stereocenters. The fraction of sp³-hybridized carbons (Fsp3) is 0.217. The number of hydrogen-bond donors (Lipinski definition) is 0. The molecule has 0 atom stereocenters. The van der Waals surface area contributed by atoms with Gasteiger partial charge in [-0.3, -0.25) is 0 Å². The number of benzene rings is 2. The normalized spacial score (nSPS) is 11.0. The third kappa shape index (κ3) is 4.51. The number of carbonyl (C=O) groups is 1. The molecule has 0 fully saturated rings. The van der Waals surface area contributed by atoms with Crippen LogP contribution in [0.5, 0.6) is 0 Å². The zero-order chi connectivity index (χ0) is 22.0. The molecular formula is C23H21ClN4O3. The van der Waals surface area contributed by atoms with Crippen molar-refractivity contribution >= 4 is 17.6 Å². The number of nitrogens with zero attached hydrogens (tertiary/aromatic N) is 4. The van der Waals surface area contributed by atoms with Crippen LogP contribution in [-0.4, -0.2) is 25.9 Å². The monoisotopic (exact) mass is 436 g/mol. The second-order valence-corrected chi connectivity index (χ2v) is 7.66. The van der Waals surface area contributed by atoms with Crippen LogP contribution in [-0.2, 0) is 17.9 Å². The zero-order valence-corrected chi connectivity index (χ0v) is 18.2. The van der Waals surface area contributed by atoms with Crippen molar-refractivity contribution in [3.8, 4) is 11.4 Å². The molecule has 0 saturated heterocycles. The Balaban J connectivity index is 1.45. The van der Waals surface area contributed by atoms with Crippen molar-refractivity contribution in [3.63, 3.8) is 0 Å². The third-order valence-corrected chi connectivity index (χ3v) is 5.29. The summed E-state index contributed by atoms with van der Waals surface area (Å²) in [6.07, 6.45) is 0. The number of carbonyl (C=O) groups excluding carboxylic acids is 1. The van der Waals surface area contributed by atoms with Crippen molar-refractivity contribution in [2.45, 2.75) is 33.9 Å². The van der Waals surface area contributed by atoms with Gasteiger partial charge in [-0.15, -0.1) is 0 Å². The molecule has 4 rings (SSSR count). The molecule has 2 aromatic heterocycles. The summed E-state index contributed by atoms with van der Waals surface area (Å²) in [6.45, 7) is 6.01. The first-order chi connectivity index (χ1) is 14.9. The highest BCUT2D eigenvalue weighted by Crippen LogP contribution is 2.23. The zero-order valence-electron chi connectivity index (χ0n) is 17.4. The fourth-order valence-corrected chi connectivity index (χ4v) is 3.51. The highest BCUT2D eigenvalue weighted by Gasteiger charge is 2.23. The summed E-state index contributed by atoms with van der Waals surface area (Å²) in [5, 5.41) is 8.59. The summed E-state index contributed by atoms with van der Waals surface area (Å²) in [4.78, 5) is 17.0. The fourth-order valence-electron chi connectivity index (χ4n) is 3.20. The quantitative estimate of drug-likeness (QED) is 0.399. The molecule has 0 N–H and O–H groups in total. The largest absolute Gasteiger partial charge is 0.452 e. The van der Waals surface area contributed by atoms with E-state index in [2.05, 4.69) is 15.2 Å². The molecule has 0 aliphatic rings. The summed E-state index contributed by atoms with van der Waals surface area (Å²) in [5.74, 6) is 0.0602. The number of aryl methyl sites for hydroxylation is 3. The van der Waals surface area contributed by atoms with Crippen LogP contribution in [0, 0.1) is 20.8 Å². The van der Waals surface area contributed by atoms with Crippen LogP contribution in [0.2, 0.25) is 5.15 Å². The Bertz CT molecular complexity index is 1230. The molecule has 0 spiro atoms. The van der Waals surface area contributed by atoms with Gasteiger partial charge in [0.05, 0.1) is 12.2 Å². The minimum atomic E-state index is -0.590. The summed E-state index contributed by atoms with van der Waals surface area (Å²) in [7, 11) is 0. The molecule has 0 bridgehead atoms. The Morgan fingerprint density at radius 1 is 1.10 bits per heavy atom. The van der Waals surface area contributed by atoms with Crippen LogP contribution in [0.25, 0.3) is 11.4 Å². The van der Waals surface area contributed by atoms with Crippen LogP contribution in [0.15, 0.2) is 53.1 Å². The minimum Gasteiger partial charge on any atom is -0.452 e. The van der Waals surface area contributed by atoms with Gasteiger partial charge in [-0.2, -0.15) is 10.1 Å². The van der Waals surface area contributed by atoms with Crippen LogP contribution >= 0.6 is 11.6 Å². The van der Waals surface area contributed by atoms with E-state index in [9.17, 15) is 4.79 Å². The highest BCUT2D eigenvalue weighted by molar-refractivity contribution is 6.32. The number of esters is 1. The smallest absolute Gasteiger partial charge is 0.343 e. The van der Waals surface area contributed by atoms with E-state index in [-0.39, 0.29) is 23.2 Å². The van der Waals surface area contributed by atoms with Gasteiger partial charge in [0.15, 0.2) is 6.61 Å². The molecule has 2 heterocycles. The summed E-state index contributed by atoms with van der Waals surface area (Å²) in [6, 6.07) is 15.7. The maximum atomic E-state index is 12.7. The van der Waals surface area contributed by atoms with Crippen LogP contribution in [0.1, 0.15) is 38.6 Å².